The quantitative estimate of drug-likeness (QED) is 0.721. The van der Waals surface area contributed by atoms with Gasteiger partial charge in [-0.2, -0.15) is 0 Å². The fourth-order valence-corrected chi connectivity index (χ4v) is 7.24. The molecule has 0 saturated heterocycles. The van der Waals surface area contributed by atoms with Crippen molar-refractivity contribution in [2.75, 3.05) is 0 Å². The molecule has 4 rings (SSSR count). The van der Waals surface area contributed by atoms with Crippen LogP contribution in [0.4, 0.5) is 0 Å². The van der Waals surface area contributed by atoms with E-state index in [0.717, 1.165) is 44.9 Å². The summed E-state index contributed by atoms with van der Waals surface area (Å²) in [4.78, 5) is 12.2. The smallest absolute Gasteiger partial charge is 0.161 e. The average molecular weight is 332 g/mol. The van der Waals surface area contributed by atoms with Gasteiger partial charge in [-0.05, 0) is 81.5 Å². The van der Waals surface area contributed by atoms with Gasteiger partial charge >= 0.3 is 0 Å². The Hall–Kier alpha value is -0.670. The zero-order chi connectivity index (χ0) is 17.3. The van der Waals surface area contributed by atoms with Crippen LogP contribution in [0.15, 0.2) is 11.6 Å². The Balaban J connectivity index is 1.69. The fourth-order valence-electron chi connectivity index (χ4n) is 7.24. The molecule has 4 aliphatic carbocycles. The van der Waals surface area contributed by atoms with Gasteiger partial charge in [0.1, 0.15) is 5.60 Å². The molecule has 0 aliphatic heterocycles. The van der Waals surface area contributed by atoms with Crippen LogP contribution in [-0.2, 0) is 4.79 Å². The van der Waals surface area contributed by atoms with E-state index in [2.05, 4.69) is 19.9 Å². The maximum absolute atomic E-state index is 12.2. The van der Waals surface area contributed by atoms with Crippen molar-refractivity contribution in [1.29, 1.82) is 0 Å². The third-order valence-corrected chi connectivity index (χ3v) is 8.81. The largest absolute Gasteiger partial charge is 0.393 e. The maximum atomic E-state index is 12.2. The molecule has 7 atom stereocenters. The summed E-state index contributed by atoms with van der Waals surface area (Å²) in [5.41, 5.74) is 0.331. The van der Waals surface area contributed by atoms with Crippen LogP contribution < -0.4 is 0 Å². The zero-order valence-corrected chi connectivity index (χ0v) is 15.3. The van der Waals surface area contributed by atoms with E-state index in [1.807, 2.05) is 0 Å². The summed E-state index contributed by atoms with van der Waals surface area (Å²) in [7, 11) is 0. The Morgan fingerprint density at radius 2 is 1.83 bits per heavy atom. The molecule has 0 amide bonds. The minimum absolute atomic E-state index is 0.0370. The van der Waals surface area contributed by atoms with Crippen LogP contribution >= 0.6 is 0 Å². The summed E-state index contributed by atoms with van der Waals surface area (Å²) in [6.45, 7) is 6.16. The molecule has 0 aromatic rings. The van der Waals surface area contributed by atoms with E-state index in [1.165, 1.54) is 5.57 Å². The van der Waals surface area contributed by atoms with Crippen molar-refractivity contribution in [3.05, 3.63) is 11.6 Å². The summed E-state index contributed by atoms with van der Waals surface area (Å²) in [5.74, 6) is 1.65. The first-order valence-corrected chi connectivity index (χ1v) is 9.83. The van der Waals surface area contributed by atoms with E-state index in [1.54, 1.807) is 6.92 Å². The van der Waals surface area contributed by atoms with Gasteiger partial charge in [0.05, 0.1) is 6.10 Å². The number of hydrogen-bond donors (Lipinski definition) is 2. The molecule has 2 N–H and O–H groups in total. The van der Waals surface area contributed by atoms with Crippen LogP contribution in [0.3, 0.4) is 0 Å². The molecular formula is C21H32O3. The molecule has 0 heterocycles. The Labute approximate surface area is 145 Å². The summed E-state index contributed by atoms with van der Waals surface area (Å²) < 4.78 is 0. The van der Waals surface area contributed by atoms with Gasteiger partial charge in [-0.15, -0.1) is 0 Å². The second-order valence-corrected chi connectivity index (χ2v) is 9.57. The predicted octanol–water partition coefficient (Wildman–Crippen LogP) is 3.63. The molecule has 3 saturated carbocycles. The van der Waals surface area contributed by atoms with Gasteiger partial charge in [0.15, 0.2) is 5.78 Å². The Kier molecular flexibility index (Phi) is 3.61. The molecule has 1 unspecified atom stereocenters. The predicted molar refractivity (Wildman–Crippen MR) is 93.3 cm³/mol. The number of ketones is 1. The highest BCUT2D eigenvalue weighted by molar-refractivity contribution is 5.86. The molecule has 3 heteroatoms. The third kappa shape index (κ3) is 1.94. The lowest BCUT2D eigenvalue weighted by atomic mass is 9.47. The van der Waals surface area contributed by atoms with Crippen molar-refractivity contribution < 1.29 is 15.0 Å². The Bertz CT molecular complexity index is 596. The van der Waals surface area contributed by atoms with Gasteiger partial charge in [0, 0.05) is 5.41 Å². The molecule has 0 aromatic carbocycles. The first-order valence-electron chi connectivity index (χ1n) is 9.83. The van der Waals surface area contributed by atoms with E-state index in [9.17, 15) is 15.0 Å². The number of rotatable bonds is 1. The molecule has 4 aliphatic rings. The second kappa shape index (κ2) is 5.17. The van der Waals surface area contributed by atoms with Gasteiger partial charge in [-0.1, -0.05) is 25.5 Å². The van der Waals surface area contributed by atoms with Crippen LogP contribution in [-0.4, -0.2) is 27.7 Å². The lowest BCUT2D eigenvalue weighted by Crippen LogP contribution is -2.56. The molecule has 24 heavy (non-hydrogen) atoms. The number of carbonyl (C=O) groups excluding carboxylic acids is 1. The van der Waals surface area contributed by atoms with Gasteiger partial charge in [0.25, 0.3) is 0 Å². The number of aliphatic hydroxyl groups excluding tert-OH is 1. The number of allylic oxidation sites excluding steroid dienone is 1. The lowest BCUT2D eigenvalue weighted by Gasteiger charge is -2.58. The molecule has 3 nitrogen and oxygen atoms in total. The van der Waals surface area contributed by atoms with Gasteiger partial charge in [-0.3, -0.25) is 4.79 Å². The fraction of sp³-hybridized carbons (Fsp3) is 0.857. The summed E-state index contributed by atoms with van der Waals surface area (Å²) in [5, 5.41) is 21.2. The molecule has 0 spiro atoms. The van der Waals surface area contributed by atoms with Crippen LogP contribution in [0.1, 0.15) is 72.1 Å². The van der Waals surface area contributed by atoms with Crippen LogP contribution in [0.5, 0.6) is 0 Å². The SMILES string of the molecule is CC(=O)[C@@]1(O)CC[C@H]2C3CC=C4C[C@@H](O)CC[C@]4(C)[C@H]3CC[C@@]21C. The van der Waals surface area contributed by atoms with Crippen LogP contribution in [0, 0.1) is 28.6 Å². The third-order valence-electron chi connectivity index (χ3n) is 8.81. The molecule has 3 fully saturated rings. The summed E-state index contributed by atoms with van der Waals surface area (Å²) in [6.07, 6.45) is 9.84. The van der Waals surface area contributed by atoms with Gasteiger partial charge in [-0.25, -0.2) is 0 Å². The van der Waals surface area contributed by atoms with Crippen molar-refractivity contribution >= 4 is 5.78 Å². The zero-order valence-electron chi connectivity index (χ0n) is 15.3. The monoisotopic (exact) mass is 332 g/mol. The summed E-state index contributed by atoms with van der Waals surface area (Å²) in [6, 6.07) is 0. The molecular weight excluding hydrogens is 300 g/mol. The average Bonchev–Trinajstić information content (AvgIpc) is 2.81. The van der Waals surface area contributed by atoms with E-state index in [-0.39, 0.29) is 22.7 Å². The number of Topliss-reactive ketones (excluding diaryl/α,β-unsaturated/α-hetero) is 1. The second-order valence-electron chi connectivity index (χ2n) is 9.57. The van der Waals surface area contributed by atoms with Crippen LogP contribution in [0.25, 0.3) is 0 Å². The minimum atomic E-state index is -1.11. The summed E-state index contributed by atoms with van der Waals surface area (Å²) >= 11 is 0. The highest BCUT2D eigenvalue weighted by Gasteiger charge is 2.65. The first kappa shape index (κ1) is 16.8. The number of fused-ring (bicyclic) bond motifs is 5. The normalized spacial score (nSPS) is 53.6. The Morgan fingerprint density at radius 3 is 2.54 bits per heavy atom. The van der Waals surface area contributed by atoms with Crippen LogP contribution in [0.2, 0.25) is 0 Å². The minimum Gasteiger partial charge on any atom is -0.393 e. The van der Waals surface area contributed by atoms with Crippen molar-refractivity contribution in [2.45, 2.75) is 83.8 Å². The van der Waals surface area contributed by atoms with E-state index < -0.39 is 5.60 Å². The van der Waals surface area contributed by atoms with E-state index >= 15 is 0 Å². The molecule has 134 valence electrons. The van der Waals surface area contributed by atoms with Crippen molar-refractivity contribution in [3.63, 3.8) is 0 Å². The number of carbonyl (C=O) groups is 1. The molecule has 0 aromatic heterocycles. The Morgan fingerprint density at radius 1 is 1.12 bits per heavy atom. The van der Waals surface area contributed by atoms with Crippen molar-refractivity contribution in [1.82, 2.24) is 0 Å². The standard InChI is InChI=1S/C21H32O3/c1-13(22)21(24)11-8-18-16-5-4-14-12-15(23)6-9-19(14,2)17(16)7-10-20(18,21)3/h4,15-18,23-24H,5-12H2,1-3H3/t15-,16?,17-,18-,19-,20-,21-/m0/s1. The first-order chi connectivity index (χ1) is 11.2. The molecule has 0 bridgehead atoms. The van der Waals surface area contributed by atoms with E-state index in [0.29, 0.717) is 24.2 Å². The van der Waals surface area contributed by atoms with Gasteiger partial charge < -0.3 is 10.2 Å². The van der Waals surface area contributed by atoms with Crippen molar-refractivity contribution in [3.8, 4) is 0 Å². The highest BCUT2D eigenvalue weighted by Crippen LogP contribution is 2.67. The number of hydrogen-bond acceptors (Lipinski definition) is 3. The molecule has 0 radical (unpaired) electrons. The highest BCUT2D eigenvalue weighted by atomic mass is 16.3. The van der Waals surface area contributed by atoms with Gasteiger partial charge in [0.2, 0.25) is 0 Å². The topological polar surface area (TPSA) is 57.5 Å². The van der Waals surface area contributed by atoms with Crippen molar-refractivity contribution in [2.24, 2.45) is 28.6 Å². The number of aliphatic hydroxyl groups is 2. The maximum Gasteiger partial charge on any atom is 0.161 e. The lowest BCUT2D eigenvalue weighted by molar-refractivity contribution is -0.159. The van der Waals surface area contributed by atoms with E-state index in [4.69, 9.17) is 0 Å².